The Kier molecular flexibility index (Phi) is 3.91. The third-order valence-corrected chi connectivity index (χ3v) is 4.05. The van der Waals surface area contributed by atoms with Crippen LogP contribution in [0.4, 0.5) is 5.82 Å². The van der Waals surface area contributed by atoms with E-state index in [1.807, 2.05) is 12.1 Å². The molecule has 3 rings (SSSR count). The molecule has 102 valence electrons. The van der Waals surface area contributed by atoms with E-state index in [0.717, 1.165) is 17.7 Å². The molecule has 1 aliphatic rings. The van der Waals surface area contributed by atoms with E-state index in [-0.39, 0.29) is 0 Å². The lowest BCUT2D eigenvalue weighted by atomic mass is 9.94. The van der Waals surface area contributed by atoms with E-state index in [0.29, 0.717) is 11.7 Å². The van der Waals surface area contributed by atoms with Crippen LogP contribution in [-0.2, 0) is 0 Å². The fourth-order valence-corrected chi connectivity index (χ4v) is 3.14. The molecule has 0 atom stereocenters. The first-order valence-corrected chi connectivity index (χ1v) is 7.88. The predicted molar refractivity (Wildman–Crippen MR) is 76.6 cm³/mol. The number of aromatic nitrogens is 5. The van der Waals surface area contributed by atoms with Crippen LogP contribution in [0.15, 0.2) is 12.1 Å². The number of hydrogen-bond acceptors (Lipinski definition) is 5. The summed E-state index contributed by atoms with van der Waals surface area (Å²) in [6.45, 7) is 0.964. The lowest BCUT2D eigenvalue weighted by molar-refractivity contribution is 0.415. The SMILES string of the molecule is BrCCN(c1ccc2nnnn2n1)C1CCCCC1. The van der Waals surface area contributed by atoms with Gasteiger partial charge in [0.2, 0.25) is 0 Å². The van der Waals surface area contributed by atoms with E-state index < -0.39 is 0 Å². The van der Waals surface area contributed by atoms with Gasteiger partial charge in [0.1, 0.15) is 0 Å². The summed E-state index contributed by atoms with van der Waals surface area (Å²) in [5, 5.41) is 16.9. The quantitative estimate of drug-likeness (QED) is 0.805. The summed E-state index contributed by atoms with van der Waals surface area (Å²) >= 11 is 3.54. The zero-order valence-electron chi connectivity index (χ0n) is 10.7. The molecule has 0 aliphatic heterocycles. The highest BCUT2D eigenvalue weighted by molar-refractivity contribution is 9.09. The largest absolute Gasteiger partial charge is 0.351 e. The second kappa shape index (κ2) is 5.81. The van der Waals surface area contributed by atoms with E-state index in [2.05, 4.69) is 41.5 Å². The van der Waals surface area contributed by atoms with Crippen LogP contribution in [0.5, 0.6) is 0 Å². The third-order valence-electron chi connectivity index (χ3n) is 3.69. The van der Waals surface area contributed by atoms with Crippen molar-refractivity contribution in [1.29, 1.82) is 0 Å². The van der Waals surface area contributed by atoms with Crippen LogP contribution in [0, 0.1) is 0 Å². The Bertz CT molecular complexity index is 536. The van der Waals surface area contributed by atoms with Gasteiger partial charge in [-0.25, -0.2) is 0 Å². The van der Waals surface area contributed by atoms with Crippen molar-refractivity contribution in [1.82, 2.24) is 25.3 Å². The maximum absolute atomic E-state index is 4.52. The van der Waals surface area contributed by atoms with Gasteiger partial charge in [-0.15, -0.1) is 14.8 Å². The number of anilines is 1. The molecule has 0 aromatic carbocycles. The van der Waals surface area contributed by atoms with Crippen molar-refractivity contribution in [2.24, 2.45) is 0 Å². The summed E-state index contributed by atoms with van der Waals surface area (Å²) in [5.41, 5.74) is 0.686. The summed E-state index contributed by atoms with van der Waals surface area (Å²) in [4.78, 5) is 2.38. The molecule has 0 amide bonds. The van der Waals surface area contributed by atoms with E-state index in [1.54, 1.807) is 0 Å². The molecule has 0 unspecified atom stereocenters. The standard InChI is InChI=1S/C12H17BrN6/c13-8-9-18(10-4-2-1-3-5-10)12-7-6-11-14-16-17-19(11)15-12/h6-7,10H,1-5,8-9H2. The first-order valence-electron chi connectivity index (χ1n) is 6.76. The summed E-state index contributed by atoms with van der Waals surface area (Å²) in [7, 11) is 0. The lowest BCUT2D eigenvalue weighted by Crippen LogP contribution is -2.39. The van der Waals surface area contributed by atoms with Crippen molar-refractivity contribution in [3.05, 3.63) is 12.1 Å². The minimum Gasteiger partial charge on any atom is -0.351 e. The van der Waals surface area contributed by atoms with Crippen LogP contribution in [0.1, 0.15) is 32.1 Å². The van der Waals surface area contributed by atoms with Gasteiger partial charge in [0.15, 0.2) is 11.5 Å². The van der Waals surface area contributed by atoms with Crippen molar-refractivity contribution in [3.63, 3.8) is 0 Å². The molecule has 2 aromatic rings. The molecule has 2 heterocycles. The van der Waals surface area contributed by atoms with Crippen molar-refractivity contribution < 1.29 is 0 Å². The zero-order chi connectivity index (χ0) is 13.1. The molecular weight excluding hydrogens is 308 g/mol. The molecule has 0 radical (unpaired) electrons. The third kappa shape index (κ3) is 2.70. The number of nitrogens with zero attached hydrogens (tertiary/aromatic N) is 6. The molecule has 1 fully saturated rings. The average Bonchev–Trinajstić information content (AvgIpc) is 2.93. The van der Waals surface area contributed by atoms with Crippen molar-refractivity contribution >= 4 is 27.4 Å². The Labute approximate surface area is 120 Å². The lowest BCUT2D eigenvalue weighted by Gasteiger charge is -2.34. The maximum atomic E-state index is 4.52. The maximum Gasteiger partial charge on any atom is 0.200 e. The Hall–Kier alpha value is -1.24. The van der Waals surface area contributed by atoms with Gasteiger partial charge in [-0.3, -0.25) is 0 Å². The summed E-state index contributed by atoms with van der Waals surface area (Å²) < 4.78 is 1.50. The Morgan fingerprint density at radius 1 is 1.26 bits per heavy atom. The molecule has 1 saturated carbocycles. The number of fused-ring (bicyclic) bond motifs is 1. The van der Waals surface area contributed by atoms with Gasteiger partial charge in [-0.1, -0.05) is 35.2 Å². The van der Waals surface area contributed by atoms with Crippen LogP contribution in [0.2, 0.25) is 0 Å². The van der Waals surface area contributed by atoms with E-state index in [9.17, 15) is 0 Å². The molecule has 0 saturated heterocycles. The van der Waals surface area contributed by atoms with Gasteiger partial charge in [0.05, 0.1) is 0 Å². The topological polar surface area (TPSA) is 59.2 Å². The number of hydrogen-bond donors (Lipinski definition) is 0. The number of rotatable bonds is 4. The number of alkyl halides is 1. The monoisotopic (exact) mass is 324 g/mol. The highest BCUT2D eigenvalue weighted by atomic mass is 79.9. The van der Waals surface area contributed by atoms with Gasteiger partial charge in [-0.2, -0.15) is 0 Å². The second-order valence-electron chi connectivity index (χ2n) is 4.89. The molecular formula is C12H17BrN6. The van der Waals surface area contributed by atoms with Gasteiger partial charge in [0.25, 0.3) is 0 Å². The van der Waals surface area contributed by atoms with Crippen LogP contribution in [0.3, 0.4) is 0 Å². The predicted octanol–water partition coefficient (Wildman–Crippen LogP) is 2.05. The summed E-state index contributed by atoms with van der Waals surface area (Å²) in [5.74, 6) is 0.964. The highest BCUT2D eigenvalue weighted by Crippen LogP contribution is 2.26. The molecule has 0 bridgehead atoms. The van der Waals surface area contributed by atoms with Crippen LogP contribution in [-0.4, -0.2) is 43.2 Å². The first-order chi connectivity index (χ1) is 9.38. The fraction of sp³-hybridized carbons (Fsp3) is 0.667. The molecule has 0 spiro atoms. The fourth-order valence-electron chi connectivity index (χ4n) is 2.76. The van der Waals surface area contributed by atoms with Crippen molar-refractivity contribution in [2.75, 3.05) is 16.8 Å². The molecule has 0 N–H and O–H groups in total. The first kappa shape index (κ1) is 12.8. The van der Waals surface area contributed by atoms with Crippen LogP contribution in [0.25, 0.3) is 5.65 Å². The summed E-state index contributed by atoms with van der Waals surface area (Å²) in [6, 6.07) is 4.53. The normalized spacial score (nSPS) is 16.9. The smallest absolute Gasteiger partial charge is 0.200 e. The Morgan fingerprint density at radius 2 is 2.11 bits per heavy atom. The van der Waals surface area contributed by atoms with Crippen molar-refractivity contribution in [2.45, 2.75) is 38.1 Å². The van der Waals surface area contributed by atoms with Crippen LogP contribution < -0.4 is 4.90 Å². The zero-order valence-corrected chi connectivity index (χ0v) is 12.3. The van der Waals surface area contributed by atoms with E-state index >= 15 is 0 Å². The number of halogens is 1. The molecule has 19 heavy (non-hydrogen) atoms. The molecule has 6 nitrogen and oxygen atoms in total. The Balaban J connectivity index is 1.88. The van der Waals surface area contributed by atoms with Gasteiger partial charge in [0, 0.05) is 17.9 Å². The number of tetrazole rings is 1. The van der Waals surface area contributed by atoms with Crippen molar-refractivity contribution in [3.8, 4) is 0 Å². The van der Waals surface area contributed by atoms with Gasteiger partial charge in [-0.05, 0) is 35.4 Å². The minimum absolute atomic E-state index is 0.590. The summed E-state index contributed by atoms with van der Waals surface area (Å²) in [6.07, 6.45) is 6.50. The van der Waals surface area contributed by atoms with E-state index in [1.165, 1.54) is 36.7 Å². The minimum atomic E-state index is 0.590. The molecule has 7 heteroatoms. The van der Waals surface area contributed by atoms with Crippen LogP contribution >= 0.6 is 15.9 Å². The highest BCUT2D eigenvalue weighted by Gasteiger charge is 2.22. The van der Waals surface area contributed by atoms with Gasteiger partial charge >= 0.3 is 0 Å². The molecule has 2 aromatic heterocycles. The average molecular weight is 325 g/mol. The Morgan fingerprint density at radius 3 is 2.89 bits per heavy atom. The van der Waals surface area contributed by atoms with E-state index in [4.69, 9.17) is 0 Å². The molecule has 1 aliphatic carbocycles. The van der Waals surface area contributed by atoms with Gasteiger partial charge < -0.3 is 4.90 Å². The second-order valence-corrected chi connectivity index (χ2v) is 5.69.